The molecule has 0 heterocycles. The third-order valence-corrected chi connectivity index (χ3v) is 3.26. The molecule has 1 rings (SSSR count). The quantitative estimate of drug-likeness (QED) is 0.694. The molecule has 0 saturated heterocycles. The molecule has 0 bridgehead atoms. The lowest BCUT2D eigenvalue weighted by Gasteiger charge is -2.12. The first-order valence-electron chi connectivity index (χ1n) is 7.63. The summed E-state index contributed by atoms with van der Waals surface area (Å²) < 4.78 is 5.10. The zero-order chi connectivity index (χ0) is 15.3. The normalized spacial score (nSPS) is 11.4. The maximum absolute atomic E-state index is 11.6. The Bertz CT molecular complexity index is 440. The summed E-state index contributed by atoms with van der Waals surface area (Å²) in [5.41, 5.74) is 0.931. The van der Waals surface area contributed by atoms with E-state index in [4.69, 9.17) is 10.00 Å². The molecule has 0 aliphatic heterocycles. The predicted molar refractivity (Wildman–Crippen MR) is 82.5 cm³/mol. The summed E-state index contributed by atoms with van der Waals surface area (Å²) in [5.74, 6) is 0. The Kier molecular flexibility index (Phi) is 8.70. The summed E-state index contributed by atoms with van der Waals surface area (Å²) in [6.07, 6.45) is 5.83. The number of alkyl carbamates (subject to hydrolysis) is 1. The van der Waals surface area contributed by atoms with E-state index in [1.807, 2.05) is 30.3 Å². The van der Waals surface area contributed by atoms with E-state index in [0.717, 1.165) is 18.4 Å². The van der Waals surface area contributed by atoms with Crippen molar-refractivity contribution in [3.05, 3.63) is 35.9 Å². The zero-order valence-electron chi connectivity index (χ0n) is 12.7. The highest BCUT2D eigenvalue weighted by molar-refractivity contribution is 5.68. The number of carbonyl (C=O) groups excluding carboxylic acids is 1. The van der Waals surface area contributed by atoms with E-state index >= 15 is 0 Å². The van der Waals surface area contributed by atoms with Crippen LogP contribution in [0.3, 0.4) is 0 Å². The molecule has 4 heteroatoms. The van der Waals surface area contributed by atoms with Crippen LogP contribution in [0.15, 0.2) is 30.3 Å². The van der Waals surface area contributed by atoms with Crippen LogP contribution in [0.1, 0.15) is 51.0 Å². The van der Waals surface area contributed by atoms with Gasteiger partial charge in [-0.15, -0.1) is 0 Å². The maximum Gasteiger partial charge on any atom is 0.408 e. The van der Waals surface area contributed by atoms with Crippen LogP contribution >= 0.6 is 0 Å². The van der Waals surface area contributed by atoms with Gasteiger partial charge in [-0.25, -0.2) is 4.79 Å². The van der Waals surface area contributed by atoms with Crippen molar-refractivity contribution in [3.8, 4) is 6.07 Å². The van der Waals surface area contributed by atoms with Gasteiger partial charge in [0.05, 0.1) is 6.07 Å². The number of unbranched alkanes of at least 4 members (excludes halogenated alkanes) is 4. The van der Waals surface area contributed by atoms with Gasteiger partial charge in [-0.1, -0.05) is 69.4 Å². The second-order valence-electron chi connectivity index (χ2n) is 5.09. The van der Waals surface area contributed by atoms with Crippen LogP contribution in [0, 0.1) is 11.3 Å². The van der Waals surface area contributed by atoms with Crippen molar-refractivity contribution in [2.75, 3.05) is 0 Å². The van der Waals surface area contributed by atoms with Crippen molar-refractivity contribution < 1.29 is 9.53 Å². The first kappa shape index (κ1) is 17.0. The van der Waals surface area contributed by atoms with Crippen LogP contribution in [0.25, 0.3) is 0 Å². The second-order valence-corrected chi connectivity index (χ2v) is 5.09. The van der Waals surface area contributed by atoms with Gasteiger partial charge in [-0.3, -0.25) is 0 Å². The molecule has 0 aliphatic carbocycles. The van der Waals surface area contributed by atoms with Gasteiger partial charge in [0, 0.05) is 0 Å². The number of rotatable bonds is 9. The Morgan fingerprint density at radius 3 is 2.62 bits per heavy atom. The highest BCUT2D eigenvalue weighted by Gasteiger charge is 2.11. The lowest BCUT2D eigenvalue weighted by atomic mass is 10.1. The summed E-state index contributed by atoms with van der Waals surface area (Å²) in [6, 6.07) is 11.1. The van der Waals surface area contributed by atoms with E-state index in [9.17, 15) is 4.79 Å². The Balaban J connectivity index is 2.20. The van der Waals surface area contributed by atoms with E-state index < -0.39 is 12.1 Å². The molecule has 0 saturated carbocycles. The van der Waals surface area contributed by atoms with Crippen molar-refractivity contribution in [1.82, 2.24) is 5.32 Å². The summed E-state index contributed by atoms with van der Waals surface area (Å²) in [7, 11) is 0. The Morgan fingerprint density at radius 1 is 1.24 bits per heavy atom. The van der Waals surface area contributed by atoms with Crippen molar-refractivity contribution in [3.63, 3.8) is 0 Å². The molecule has 114 valence electrons. The molecule has 1 aromatic rings. The Labute approximate surface area is 127 Å². The third kappa shape index (κ3) is 7.98. The largest absolute Gasteiger partial charge is 0.445 e. The molecular formula is C17H24N2O2. The van der Waals surface area contributed by atoms with E-state index in [2.05, 4.69) is 18.3 Å². The van der Waals surface area contributed by atoms with Gasteiger partial charge in [0.25, 0.3) is 0 Å². The van der Waals surface area contributed by atoms with Gasteiger partial charge in [-0.2, -0.15) is 5.26 Å². The molecule has 0 aromatic heterocycles. The average molecular weight is 288 g/mol. The summed E-state index contributed by atoms with van der Waals surface area (Å²) >= 11 is 0. The minimum atomic E-state index is -0.529. The average Bonchev–Trinajstić information content (AvgIpc) is 2.52. The summed E-state index contributed by atoms with van der Waals surface area (Å²) in [5, 5.41) is 11.6. The van der Waals surface area contributed by atoms with Crippen molar-refractivity contribution in [1.29, 1.82) is 5.26 Å². The molecule has 1 aromatic carbocycles. The SMILES string of the molecule is CCCCCCCC(C#N)NC(=O)OCc1ccccc1. The fourth-order valence-corrected chi connectivity index (χ4v) is 2.03. The van der Waals surface area contributed by atoms with E-state index in [1.54, 1.807) is 0 Å². The number of nitriles is 1. The molecule has 0 aliphatic rings. The molecule has 4 nitrogen and oxygen atoms in total. The van der Waals surface area contributed by atoms with Gasteiger partial charge >= 0.3 is 6.09 Å². The zero-order valence-corrected chi connectivity index (χ0v) is 12.7. The van der Waals surface area contributed by atoms with Crippen LogP contribution < -0.4 is 5.32 Å². The first-order valence-corrected chi connectivity index (χ1v) is 7.63. The van der Waals surface area contributed by atoms with Crippen LogP contribution in [0.5, 0.6) is 0 Å². The van der Waals surface area contributed by atoms with Crippen molar-refractivity contribution in [2.45, 2.75) is 58.1 Å². The molecule has 1 unspecified atom stereocenters. The number of carbonyl (C=O) groups is 1. The first-order chi connectivity index (χ1) is 10.3. The van der Waals surface area contributed by atoms with Gasteiger partial charge in [-0.05, 0) is 12.0 Å². The highest BCUT2D eigenvalue weighted by atomic mass is 16.5. The van der Waals surface area contributed by atoms with Crippen LogP contribution in [-0.2, 0) is 11.3 Å². The van der Waals surface area contributed by atoms with E-state index in [0.29, 0.717) is 6.42 Å². The lowest BCUT2D eigenvalue weighted by molar-refractivity contribution is 0.137. The lowest BCUT2D eigenvalue weighted by Crippen LogP contribution is -2.34. The minimum Gasteiger partial charge on any atom is -0.445 e. The minimum absolute atomic E-state index is 0.224. The maximum atomic E-state index is 11.6. The second kappa shape index (κ2) is 10.7. The van der Waals surface area contributed by atoms with Crippen LogP contribution in [0.2, 0.25) is 0 Å². The Morgan fingerprint density at radius 2 is 1.95 bits per heavy atom. The fraction of sp³-hybridized carbons (Fsp3) is 0.529. The number of hydrogen-bond donors (Lipinski definition) is 1. The van der Waals surface area contributed by atoms with Crippen molar-refractivity contribution >= 4 is 6.09 Å². The number of ether oxygens (including phenoxy) is 1. The number of nitrogens with zero attached hydrogens (tertiary/aromatic N) is 1. The van der Waals surface area contributed by atoms with E-state index in [-0.39, 0.29) is 6.61 Å². The van der Waals surface area contributed by atoms with Crippen LogP contribution in [-0.4, -0.2) is 12.1 Å². The van der Waals surface area contributed by atoms with Gasteiger partial charge < -0.3 is 10.1 Å². The molecule has 21 heavy (non-hydrogen) atoms. The number of hydrogen-bond acceptors (Lipinski definition) is 3. The molecule has 1 atom stereocenters. The number of amides is 1. The molecular weight excluding hydrogens is 264 g/mol. The molecule has 1 N–H and O–H groups in total. The van der Waals surface area contributed by atoms with Crippen molar-refractivity contribution in [2.24, 2.45) is 0 Å². The van der Waals surface area contributed by atoms with Gasteiger partial charge in [0.15, 0.2) is 0 Å². The predicted octanol–water partition coefficient (Wildman–Crippen LogP) is 4.17. The fourth-order valence-electron chi connectivity index (χ4n) is 2.03. The smallest absolute Gasteiger partial charge is 0.408 e. The monoisotopic (exact) mass is 288 g/mol. The molecule has 0 radical (unpaired) electrons. The topological polar surface area (TPSA) is 62.1 Å². The number of benzene rings is 1. The summed E-state index contributed by atoms with van der Waals surface area (Å²) in [6.45, 7) is 2.39. The highest BCUT2D eigenvalue weighted by Crippen LogP contribution is 2.07. The summed E-state index contributed by atoms with van der Waals surface area (Å²) in [4.78, 5) is 11.6. The Hall–Kier alpha value is -2.02. The van der Waals surface area contributed by atoms with Crippen LogP contribution in [0.4, 0.5) is 4.79 Å². The molecule has 1 amide bonds. The third-order valence-electron chi connectivity index (χ3n) is 3.26. The molecule has 0 fully saturated rings. The van der Waals surface area contributed by atoms with Gasteiger partial charge in [0.2, 0.25) is 0 Å². The molecule has 0 spiro atoms. The standard InChI is InChI=1S/C17H24N2O2/c1-2-3-4-5-9-12-16(13-18)19-17(20)21-14-15-10-7-6-8-11-15/h6-8,10-11,16H,2-5,9,12,14H2,1H3,(H,19,20). The number of nitrogens with one attached hydrogen (secondary N) is 1. The van der Waals surface area contributed by atoms with E-state index in [1.165, 1.54) is 19.3 Å². The van der Waals surface area contributed by atoms with Gasteiger partial charge in [0.1, 0.15) is 12.6 Å².